The van der Waals surface area contributed by atoms with Gasteiger partial charge in [0.1, 0.15) is 5.76 Å². The van der Waals surface area contributed by atoms with Gasteiger partial charge >= 0.3 is 5.97 Å². The molecule has 1 aromatic rings. The van der Waals surface area contributed by atoms with Crippen molar-refractivity contribution in [2.75, 3.05) is 26.2 Å². The molecule has 0 spiro atoms. The predicted molar refractivity (Wildman–Crippen MR) is 69.8 cm³/mol. The first-order valence-corrected chi connectivity index (χ1v) is 6.42. The van der Waals surface area contributed by atoms with Crippen LogP contribution in [-0.4, -0.2) is 42.2 Å². The summed E-state index contributed by atoms with van der Waals surface area (Å²) in [5.41, 5.74) is 0. The zero-order valence-corrected chi connectivity index (χ0v) is 11.1. The molecule has 0 bridgehead atoms. The van der Waals surface area contributed by atoms with Crippen LogP contribution in [0.5, 0.6) is 0 Å². The quantitative estimate of drug-likeness (QED) is 0.658. The van der Waals surface area contributed by atoms with E-state index >= 15 is 0 Å². The van der Waals surface area contributed by atoms with Crippen LogP contribution in [0.1, 0.15) is 36.6 Å². The van der Waals surface area contributed by atoms with E-state index in [4.69, 9.17) is 9.52 Å². The molecular formula is C13H22N2O3. The Morgan fingerprint density at radius 3 is 2.72 bits per heavy atom. The number of carbonyl (C=O) groups is 1. The highest BCUT2D eigenvalue weighted by Gasteiger charge is 2.08. The summed E-state index contributed by atoms with van der Waals surface area (Å²) >= 11 is 0. The molecule has 0 aliphatic carbocycles. The lowest BCUT2D eigenvalue weighted by molar-refractivity contribution is 0.0660. The topological polar surface area (TPSA) is 65.7 Å². The van der Waals surface area contributed by atoms with E-state index in [1.165, 1.54) is 6.07 Å². The highest BCUT2D eigenvalue weighted by molar-refractivity contribution is 5.84. The van der Waals surface area contributed by atoms with Crippen LogP contribution in [0.25, 0.3) is 0 Å². The van der Waals surface area contributed by atoms with Gasteiger partial charge in [0, 0.05) is 13.1 Å². The fraction of sp³-hybridized carbons (Fsp3) is 0.615. The first-order chi connectivity index (χ1) is 8.67. The number of rotatable bonds is 9. The van der Waals surface area contributed by atoms with Gasteiger partial charge in [-0.15, -0.1) is 0 Å². The number of furan rings is 1. The predicted octanol–water partition coefficient (Wildman–Crippen LogP) is 1.80. The van der Waals surface area contributed by atoms with Crippen LogP contribution in [0.2, 0.25) is 0 Å². The zero-order valence-electron chi connectivity index (χ0n) is 11.1. The third-order valence-electron chi connectivity index (χ3n) is 2.76. The van der Waals surface area contributed by atoms with E-state index in [1.807, 2.05) is 0 Å². The Morgan fingerprint density at radius 2 is 2.17 bits per heavy atom. The van der Waals surface area contributed by atoms with E-state index in [0.717, 1.165) is 32.6 Å². The van der Waals surface area contributed by atoms with Crippen molar-refractivity contribution in [3.05, 3.63) is 23.7 Å². The molecule has 1 aromatic heterocycles. The van der Waals surface area contributed by atoms with Crippen LogP contribution in [0.15, 0.2) is 16.5 Å². The minimum Gasteiger partial charge on any atom is -0.475 e. The summed E-state index contributed by atoms with van der Waals surface area (Å²) in [6.45, 7) is 8.93. The lowest BCUT2D eigenvalue weighted by atomic mass is 10.4. The summed E-state index contributed by atoms with van der Waals surface area (Å²) in [6, 6.07) is 3.18. The smallest absolute Gasteiger partial charge is 0.371 e. The van der Waals surface area contributed by atoms with Crippen LogP contribution >= 0.6 is 0 Å². The van der Waals surface area contributed by atoms with Crippen LogP contribution in [0.4, 0.5) is 0 Å². The zero-order chi connectivity index (χ0) is 13.4. The van der Waals surface area contributed by atoms with E-state index in [2.05, 4.69) is 24.1 Å². The SMILES string of the molecule is CCCN(CC)CCNCc1ccc(C(=O)O)o1. The van der Waals surface area contributed by atoms with Crippen molar-refractivity contribution in [2.24, 2.45) is 0 Å². The van der Waals surface area contributed by atoms with E-state index in [0.29, 0.717) is 12.3 Å². The van der Waals surface area contributed by atoms with Gasteiger partial charge in [0.15, 0.2) is 0 Å². The molecule has 0 amide bonds. The van der Waals surface area contributed by atoms with Gasteiger partial charge in [0.2, 0.25) is 5.76 Å². The Labute approximate surface area is 108 Å². The molecule has 102 valence electrons. The van der Waals surface area contributed by atoms with Crippen molar-refractivity contribution in [3.63, 3.8) is 0 Å². The Balaban J connectivity index is 2.22. The maximum absolute atomic E-state index is 10.6. The second kappa shape index (κ2) is 7.89. The molecule has 0 aliphatic heterocycles. The number of aromatic carboxylic acids is 1. The summed E-state index contributed by atoms with van der Waals surface area (Å²) in [4.78, 5) is 13.0. The van der Waals surface area contributed by atoms with Gasteiger partial charge in [0.05, 0.1) is 6.54 Å². The van der Waals surface area contributed by atoms with Crippen molar-refractivity contribution in [3.8, 4) is 0 Å². The molecule has 0 saturated carbocycles. The molecule has 2 N–H and O–H groups in total. The Morgan fingerprint density at radius 1 is 1.39 bits per heavy atom. The van der Waals surface area contributed by atoms with Crippen LogP contribution < -0.4 is 5.32 Å². The number of carboxylic acids is 1. The third kappa shape index (κ3) is 4.89. The number of carboxylic acid groups (broad SMARTS) is 1. The molecule has 18 heavy (non-hydrogen) atoms. The van der Waals surface area contributed by atoms with E-state index < -0.39 is 5.97 Å². The summed E-state index contributed by atoms with van der Waals surface area (Å²) in [5.74, 6) is -0.375. The normalized spacial score (nSPS) is 11.1. The highest BCUT2D eigenvalue weighted by Crippen LogP contribution is 2.07. The molecule has 0 fully saturated rings. The Hall–Kier alpha value is -1.33. The summed E-state index contributed by atoms with van der Waals surface area (Å²) in [5, 5.41) is 12.0. The summed E-state index contributed by atoms with van der Waals surface area (Å²) in [6.07, 6.45) is 1.16. The van der Waals surface area contributed by atoms with Crippen LogP contribution in [0, 0.1) is 0 Å². The first-order valence-electron chi connectivity index (χ1n) is 6.42. The maximum atomic E-state index is 10.6. The van der Waals surface area contributed by atoms with Gasteiger partial charge in [-0.1, -0.05) is 13.8 Å². The number of hydrogen-bond acceptors (Lipinski definition) is 4. The van der Waals surface area contributed by atoms with Gasteiger partial charge in [-0.2, -0.15) is 0 Å². The molecule has 5 nitrogen and oxygen atoms in total. The largest absolute Gasteiger partial charge is 0.475 e. The Kier molecular flexibility index (Phi) is 6.46. The van der Waals surface area contributed by atoms with Gasteiger partial charge in [-0.25, -0.2) is 4.79 Å². The average molecular weight is 254 g/mol. The standard InChI is InChI=1S/C13H22N2O3/c1-3-8-15(4-2)9-7-14-10-11-5-6-12(18-11)13(16)17/h5-6,14H,3-4,7-10H2,1-2H3,(H,16,17). The van der Waals surface area contributed by atoms with Gasteiger partial charge < -0.3 is 19.7 Å². The van der Waals surface area contributed by atoms with Crippen LogP contribution in [0.3, 0.4) is 0 Å². The number of hydrogen-bond donors (Lipinski definition) is 2. The van der Waals surface area contributed by atoms with Crippen molar-refractivity contribution >= 4 is 5.97 Å². The fourth-order valence-corrected chi connectivity index (χ4v) is 1.78. The van der Waals surface area contributed by atoms with Gasteiger partial charge in [-0.3, -0.25) is 0 Å². The van der Waals surface area contributed by atoms with Gasteiger partial charge in [0.25, 0.3) is 0 Å². The monoisotopic (exact) mass is 254 g/mol. The third-order valence-corrected chi connectivity index (χ3v) is 2.76. The average Bonchev–Trinajstić information content (AvgIpc) is 2.82. The van der Waals surface area contributed by atoms with Crippen molar-refractivity contribution < 1.29 is 14.3 Å². The second-order valence-electron chi connectivity index (χ2n) is 4.18. The molecule has 0 unspecified atom stereocenters. The van der Waals surface area contributed by atoms with Crippen LogP contribution in [-0.2, 0) is 6.54 Å². The molecule has 0 radical (unpaired) electrons. The lowest BCUT2D eigenvalue weighted by Gasteiger charge is -2.19. The molecule has 1 rings (SSSR count). The first kappa shape index (κ1) is 14.7. The van der Waals surface area contributed by atoms with Crippen molar-refractivity contribution in [1.82, 2.24) is 10.2 Å². The van der Waals surface area contributed by atoms with E-state index in [9.17, 15) is 4.79 Å². The molecule has 0 atom stereocenters. The molecule has 5 heteroatoms. The van der Waals surface area contributed by atoms with E-state index in [-0.39, 0.29) is 5.76 Å². The van der Waals surface area contributed by atoms with Crippen molar-refractivity contribution in [2.45, 2.75) is 26.8 Å². The molecule has 0 aromatic carbocycles. The minimum absolute atomic E-state index is 0.00651. The number of likely N-dealkylation sites (N-methyl/N-ethyl adjacent to an activating group) is 1. The second-order valence-corrected chi connectivity index (χ2v) is 4.18. The molecule has 0 aliphatic rings. The highest BCUT2D eigenvalue weighted by atomic mass is 16.4. The van der Waals surface area contributed by atoms with Gasteiger partial charge in [-0.05, 0) is 31.6 Å². The maximum Gasteiger partial charge on any atom is 0.371 e. The fourth-order valence-electron chi connectivity index (χ4n) is 1.78. The number of nitrogens with one attached hydrogen (secondary N) is 1. The molecular weight excluding hydrogens is 232 g/mol. The Bertz CT molecular complexity index is 363. The lowest BCUT2D eigenvalue weighted by Crippen LogP contribution is -2.32. The number of nitrogens with zero attached hydrogens (tertiary/aromatic N) is 1. The van der Waals surface area contributed by atoms with Crippen molar-refractivity contribution in [1.29, 1.82) is 0 Å². The minimum atomic E-state index is -1.03. The molecule has 0 saturated heterocycles. The molecule has 1 heterocycles. The summed E-state index contributed by atoms with van der Waals surface area (Å²) in [7, 11) is 0. The summed E-state index contributed by atoms with van der Waals surface area (Å²) < 4.78 is 5.15. The van der Waals surface area contributed by atoms with E-state index in [1.54, 1.807) is 6.07 Å².